The molecular weight excluding hydrogens is 491 g/mol. The molecule has 0 radical (unpaired) electrons. The van der Waals surface area contributed by atoms with Gasteiger partial charge in [0.25, 0.3) is 5.91 Å². The van der Waals surface area contributed by atoms with E-state index in [1.54, 1.807) is 24.3 Å². The summed E-state index contributed by atoms with van der Waals surface area (Å²) < 4.78 is 31.7. The third-order valence-corrected chi connectivity index (χ3v) is 6.49. The number of halogens is 3. The molecule has 2 aliphatic rings. The number of carbonyl (C=O) groups excluding carboxylic acids is 3. The number of amides is 3. The normalized spacial score (nSPS) is 17.1. The van der Waals surface area contributed by atoms with E-state index < -0.39 is 12.1 Å². The molecular formula is C26H36F3N3O5. The summed E-state index contributed by atoms with van der Waals surface area (Å²) in [6, 6.07) is 7.39. The molecule has 1 aromatic carbocycles. The molecule has 3 rings (SSSR count). The van der Waals surface area contributed by atoms with Crippen LogP contribution in [0.4, 0.5) is 18.9 Å². The van der Waals surface area contributed by atoms with Gasteiger partial charge < -0.3 is 20.6 Å². The van der Waals surface area contributed by atoms with Crippen molar-refractivity contribution in [1.29, 1.82) is 0 Å². The number of aliphatic carboxylic acids is 1. The Kier molecular flexibility index (Phi) is 11.9. The number of anilines is 1. The van der Waals surface area contributed by atoms with Crippen molar-refractivity contribution in [2.75, 3.05) is 18.4 Å². The van der Waals surface area contributed by atoms with Gasteiger partial charge in [0.05, 0.1) is 0 Å². The molecule has 8 nitrogen and oxygen atoms in total. The lowest BCUT2D eigenvalue weighted by molar-refractivity contribution is -0.192. The highest BCUT2D eigenvalue weighted by Crippen LogP contribution is 2.22. The largest absolute Gasteiger partial charge is 0.490 e. The van der Waals surface area contributed by atoms with Crippen LogP contribution in [-0.4, -0.2) is 59.0 Å². The number of carboxylic acid groups (broad SMARTS) is 1. The maximum atomic E-state index is 12.8. The second-order valence-corrected chi connectivity index (χ2v) is 9.44. The predicted octanol–water partition coefficient (Wildman–Crippen LogP) is 4.75. The molecule has 0 spiro atoms. The summed E-state index contributed by atoms with van der Waals surface area (Å²) in [6.07, 6.45) is 4.80. The van der Waals surface area contributed by atoms with Crippen molar-refractivity contribution in [1.82, 2.24) is 10.2 Å². The first-order valence-corrected chi connectivity index (χ1v) is 12.8. The van der Waals surface area contributed by atoms with Crippen molar-refractivity contribution in [3.63, 3.8) is 0 Å². The van der Waals surface area contributed by atoms with E-state index in [4.69, 9.17) is 9.90 Å². The van der Waals surface area contributed by atoms with E-state index in [-0.39, 0.29) is 23.6 Å². The van der Waals surface area contributed by atoms with Gasteiger partial charge in [0, 0.05) is 42.7 Å². The summed E-state index contributed by atoms with van der Waals surface area (Å²) >= 11 is 0. The quantitative estimate of drug-likeness (QED) is 0.462. The summed E-state index contributed by atoms with van der Waals surface area (Å²) in [5.74, 6) is -2.60. The van der Waals surface area contributed by atoms with Crippen LogP contribution in [0.15, 0.2) is 24.3 Å². The van der Waals surface area contributed by atoms with Crippen LogP contribution in [0.25, 0.3) is 0 Å². The molecule has 0 unspecified atom stereocenters. The average Bonchev–Trinajstić information content (AvgIpc) is 3.13. The minimum absolute atomic E-state index is 0.00783. The highest BCUT2D eigenvalue weighted by molar-refractivity contribution is 5.96. The molecule has 1 aliphatic carbocycles. The lowest BCUT2D eigenvalue weighted by Crippen LogP contribution is -2.45. The molecule has 0 aromatic heterocycles. The van der Waals surface area contributed by atoms with E-state index in [9.17, 15) is 27.6 Å². The first-order valence-electron chi connectivity index (χ1n) is 12.8. The van der Waals surface area contributed by atoms with Crippen LogP contribution in [0.3, 0.4) is 0 Å². The van der Waals surface area contributed by atoms with E-state index in [0.29, 0.717) is 36.8 Å². The highest BCUT2D eigenvalue weighted by Gasteiger charge is 2.38. The molecule has 3 amide bonds. The summed E-state index contributed by atoms with van der Waals surface area (Å²) in [5.41, 5.74) is 1.32. The van der Waals surface area contributed by atoms with E-state index in [1.165, 1.54) is 25.7 Å². The van der Waals surface area contributed by atoms with Gasteiger partial charge in [-0.3, -0.25) is 14.4 Å². The molecule has 37 heavy (non-hydrogen) atoms. The molecule has 3 N–H and O–H groups in total. The molecule has 2 fully saturated rings. The Hall–Kier alpha value is -3.11. The summed E-state index contributed by atoms with van der Waals surface area (Å²) in [6.45, 7) is 3.18. The fourth-order valence-corrected chi connectivity index (χ4v) is 4.42. The first kappa shape index (κ1) is 30.1. The molecule has 11 heteroatoms. The Bertz CT molecular complexity index is 905. The number of nitrogens with one attached hydrogen (secondary N) is 2. The van der Waals surface area contributed by atoms with E-state index in [2.05, 4.69) is 10.6 Å². The SMILES string of the molecule is CCCC(=O)Nc1ccc(C(=O)N2CCC(C(=O)NC3CCCCCC3)CC2)cc1.O=C(O)C(F)(F)F. The number of carbonyl (C=O) groups is 4. The monoisotopic (exact) mass is 527 g/mol. The van der Waals surface area contributed by atoms with E-state index >= 15 is 0 Å². The predicted molar refractivity (Wildman–Crippen MR) is 132 cm³/mol. The van der Waals surface area contributed by atoms with E-state index in [1.807, 2.05) is 11.8 Å². The number of piperidine rings is 1. The number of rotatable bonds is 6. The van der Waals surface area contributed by atoms with Gasteiger partial charge in [-0.1, -0.05) is 32.6 Å². The molecule has 1 aliphatic heterocycles. The number of nitrogens with zero attached hydrogens (tertiary/aromatic N) is 1. The van der Waals surface area contributed by atoms with Crippen LogP contribution in [0.5, 0.6) is 0 Å². The lowest BCUT2D eigenvalue weighted by atomic mass is 9.94. The topological polar surface area (TPSA) is 116 Å². The Labute approximate surface area is 215 Å². The molecule has 206 valence electrons. The summed E-state index contributed by atoms with van der Waals surface area (Å²) in [4.78, 5) is 47.9. The van der Waals surface area contributed by atoms with Gasteiger partial charge in [0.15, 0.2) is 0 Å². The van der Waals surface area contributed by atoms with Crippen molar-refractivity contribution < 1.29 is 37.5 Å². The molecule has 1 saturated carbocycles. The summed E-state index contributed by atoms with van der Waals surface area (Å²) in [7, 11) is 0. The Morgan fingerprint density at radius 2 is 1.49 bits per heavy atom. The van der Waals surface area contributed by atoms with Gasteiger partial charge in [0.2, 0.25) is 11.8 Å². The smallest absolute Gasteiger partial charge is 0.475 e. The van der Waals surface area contributed by atoms with Crippen LogP contribution in [0, 0.1) is 5.92 Å². The van der Waals surface area contributed by atoms with Crippen LogP contribution in [0.2, 0.25) is 0 Å². The van der Waals surface area contributed by atoms with Gasteiger partial charge in [-0.05, 0) is 56.4 Å². The van der Waals surface area contributed by atoms with Crippen molar-refractivity contribution in [2.24, 2.45) is 5.92 Å². The standard InChI is InChI=1S/C24H35N3O3.C2HF3O2/c1-2-7-22(28)25-21-12-10-19(11-13-21)24(30)27-16-14-18(15-17-27)23(29)26-20-8-5-3-4-6-9-20;3-2(4,5)1(6)7/h10-13,18,20H,2-9,14-17H2,1H3,(H,25,28)(H,26,29);(H,6,7). The molecule has 1 saturated heterocycles. The Morgan fingerprint density at radius 3 is 1.97 bits per heavy atom. The number of carboxylic acids is 1. The van der Waals surface area contributed by atoms with Crippen LogP contribution in [0.1, 0.15) is 81.5 Å². The third-order valence-electron chi connectivity index (χ3n) is 6.49. The maximum Gasteiger partial charge on any atom is 0.490 e. The number of hydrogen-bond acceptors (Lipinski definition) is 4. The van der Waals surface area contributed by atoms with E-state index in [0.717, 1.165) is 32.1 Å². The second-order valence-electron chi connectivity index (χ2n) is 9.44. The minimum atomic E-state index is -5.08. The highest BCUT2D eigenvalue weighted by atomic mass is 19.4. The zero-order valence-corrected chi connectivity index (χ0v) is 21.1. The van der Waals surface area contributed by atoms with Crippen molar-refractivity contribution in [3.8, 4) is 0 Å². The van der Waals surface area contributed by atoms with Crippen LogP contribution in [-0.2, 0) is 14.4 Å². The number of likely N-dealkylation sites (tertiary alicyclic amines) is 1. The van der Waals surface area contributed by atoms with Crippen molar-refractivity contribution >= 4 is 29.4 Å². The fraction of sp³-hybridized carbons (Fsp3) is 0.615. The molecule has 0 atom stereocenters. The molecule has 1 heterocycles. The zero-order chi connectivity index (χ0) is 27.4. The lowest BCUT2D eigenvalue weighted by Gasteiger charge is -2.32. The number of alkyl halides is 3. The van der Waals surface area contributed by atoms with Gasteiger partial charge >= 0.3 is 12.1 Å². The maximum absolute atomic E-state index is 12.8. The average molecular weight is 528 g/mol. The second kappa shape index (κ2) is 14.6. The molecule has 0 bridgehead atoms. The number of benzene rings is 1. The zero-order valence-electron chi connectivity index (χ0n) is 21.1. The van der Waals surface area contributed by atoms with Crippen LogP contribution < -0.4 is 10.6 Å². The number of hydrogen-bond donors (Lipinski definition) is 3. The van der Waals surface area contributed by atoms with Crippen LogP contribution >= 0.6 is 0 Å². The Morgan fingerprint density at radius 1 is 0.946 bits per heavy atom. The summed E-state index contributed by atoms with van der Waals surface area (Å²) in [5, 5.41) is 13.2. The first-order chi connectivity index (χ1) is 17.5. The van der Waals surface area contributed by atoms with Crippen molar-refractivity contribution in [2.45, 2.75) is 83.4 Å². The van der Waals surface area contributed by atoms with Gasteiger partial charge in [-0.15, -0.1) is 0 Å². The van der Waals surface area contributed by atoms with Gasteiger partial charge in [-0.2, -0.15) is 13.2 Å². The van der Waals surface area contributed by atoms with Gasteiger partial charge in [-0.25, -0.2) is 4.79 Å². The van der Waals surface area contributed by atoms with Crippen molar-refractivity contribution in [3.05, 3.63) is 29.8 Å². The fourth-order valence-electron chi connectivity index (χ4n) is 4.42. The Balaban J connectivity index is 0.000000604. The molecule has 1 aromatic rings. The third kappa shape index (κ3) is 10.4. The minimum Gasteiger partial charge on any atom is -0.475 e. The van der Waals surface area contributed by atoms with Gasteiger partial charge in [0.1, 0.15) is 0 Å².